The Morgan fingerprint density at radius 2 is 1.75 bits per heavy atom. The van der Waals surface area contributed by atoms with Crippen LogP contribution in [0.5, 0.6) is 0 Å². The Balaban J connectivity index is 1.44. The molecule has 6 heteroatoms. The molecule has 0 bridgehead atoms. The van der Waals surface area contributed by atoms with Crippen LogP contribution in [-0.2, 0) is 9.59 Å². The third-order valence-corrected chi connectivity index (χ3v) is 6.87. The van der Waals surface area contributed by atoms with Crippen LogP contribution < -0.4 is 0 Å². The number of aryl methyl sites for hydroxylation is 2. The number of amides is 2. The highest BCUT2D eigenvalue weighted by Gasteiger charge is 2.52. The second kappa shape index (κ2) is 6.90. The average Bonchev–Trinajstić information content (AvgIpc) is 3.46. The maximum atomic E-state index is 12.9. The zero-order valence-corrected chi connectivity index (χ0v) is 16.6. The topological polar surface area (TPSA) is 77.9 Å². The van der Waals surface area contributed by atoms with Crippen molar-refractivity contribution >= 4 is 17.8 Å². The largest absolute Gasteiger partial charge is 0.480 e. The second-order valence-electron chi connectivity index (χ2n) is 8.89. The normalized spacial score (nSPS) is 23.9. The van der Waals surface area contributed by atoms with Gasteiger partial charge in [0.25, 0.3) is 5.91 Å². The number of nitrogens with zero attached hydrogens (tertiary/aromatic N) is 2. The molecule has 3 fully saturated rings. The number of aliphatic carboxylic acids is 1. The van der Waals surface area contributed by atoms with Crippen molar-refractivity contribution in [2.24, 2.45) is 11.3 Å². The van der Waals surface area contributed by atoms with Gasteiger partial charge in [-0.1, -0.05) is 6.07 Å². The van der Waals surface area contributed by atoms with E-state index in [0.717, 1.165) is 31.2 Å². The fourth-order valence-electron chi connectivity index (χ4n) is 4.68. The lowest BCUT2D eigenvalue weighted by atomic mass is 9.76. The molecule has 3 aliphatic rings. The Bertz CT molecular complexity index is 822. The van der Waals surface area contributed by atoms with Gasteiger partial charge < -0.3 is 14.9 Å². The van der Waals surface area contributed by atoms with Gasteiger partial charge in [-0.3, -0.25) is 9.59 Å². The van der Waals surface area contributed by atoms with Gasteiger partial charge in [0.05, 0.1) is 0 Å². The smallest absolute Gasteiger partial charge is 0.326 e. The molecule has 0 radical (unpaired) electrons. The van der Waals surface area contributed by atoms with Gasteiger partial charge in [0, 0.05) is 31.1 Å². The summed E-state index contributed by atoms with van der Waals surface area (Å²) in [5.41, 5.74) is 2.81. The number of carbonyl (C=O) groups excluding carboxylic acids is 2. The van der Waals surface area contributed by atoms with Crippen molar-refractivity contribution in [3.8, 4) is 0 Å². The first-order chi connectivity index (χ1) is 13.3. The fourth-order valence-corrected chi connectivity index (χ4v) is 4.68. The SMILES string of the molecule is Cc1ccc(C(=O)N2CCC3(CC2)C[C@@H](C(=O)O)N(C(=O)C2CC2)C3)cc1C. The van der Waals surface area contributed by atoms with Crippen LogP contribution in [0.3, 0.4) is 0 Å². The summed E-state index contributed by atoms with van der Waals surface area (Å²) in [4.78, 5) is 40.7. The van der Waals surface area contributed by atoms with Gasteiger partial charge in [-0.2, -0.15) is 0 Å². The number of carboxylic acids is 1. The van der Waals surface area contributed by atoms with Crippen LogP contribution in [0, 0.1) is 25.2 Å². The monoisotopic (exact) mass is 384 g/mol. The summed E-state index contributed by atoms with van der Waals surface area (Å²) >= 11 is 0. The predicted octanol–water partition coefficient (Wildman–Crippen LogP) is 2.62. The summed E-state index contributed by atoms with van der Waals surface area (Å²) in [5, 5.41) is 9.63. The van der Waals surface area contributed by atoms with Crippen molar-refractivity contribution in [3.05, 3.63) is 34.9 Å². The number of piperidine rings is 1. The standard InChI is InChI=1S/C22H28N2O4/c1-14-3-4-17(11-15(14)2)19(25)23-9-7-22(8-10-23)12-18(21(27)28)24(13-22)20(26)16-5-6-16/h3-4,11,16,18H,5-10,12-13H2,1-2H3,(H,27,28)/t18-/m0/s1. The van der Waals surface area contributed by atoms with Crippen LogP contribution in [0.1, 0.15) is 53.6 Å². The Labute approximate surface area is 165 Å². The number of hydrogen-bond acceptors (Lipinski definition) is 3. The number of likely N-dealkylation sites (tertiary alicyclic amines) is 2. The molecule has 2 aliphatic heterocycles. The van der Waals surface area contributed by atoms with Crippen LogP contribution >= 0.6 is 0 Å². The number of rotatable bonds is 3. The molecule has 2 amide bonds. The summed E-state index contributed by atoms with van der Waals surface area (Å²) in [6.07, 6.45) is 3.77. The fraction of sp³-hybridized carbons (Fsp3) is 0.591. The third-order valence-electron chi connectivity index (χ3n) is 6.87. The minimum Gasteiger partial charge on any atom is -0.480 e. The molecule has 1 aliphatic carbocycles. The van der Waals surface area contributed by atoms with E-state index in [1.54, 1.807) is 4.90 Å². The second-order valence-corrected chi connectivity index (χ2v) is 8.89. The van der Waals surface area contributed by atoms with E-state index in [9.17, 15) is 19.5 Å². The van der Waals surface area contributed by atoms with Gasteiger partial charge in [-0.25, -0.2) is 4.79 Å². The highest BCUT2D eigenvalue weighted by Crippen LogP contribution is 2.45. The highest BCUT2D eigenvalue weighted by molar-refractivity contribution is 5.94. The zero-order chi connectivity index (χ0) is 20.1. The van der Waals surface area contributed by atoms with Crippen LogP contribution in [0.4, 0.5) is 0 Å². The molecule has 4 rings (SSSR count). The molecule has 0 unspecified atom stereocenters. The Kier molecular flexibility index (Phi) is 4.68. The van der Waals surface area contributed by atoms with E-state index in [-0.39, 0.29) is 23.1 Å². The lowest BCUT2D eigenvalue weighted by molar-refractivity contribution is -0.148. The molecule has 28 heavy (non-hydrogen) atoms. The molecule has 1 aromatic rings. The molecule has 1 saturated carbocycles. The van der Waals surface area contributed by atoms with Crippen LogP contribution in [-0.4, -0.2) is 58.4 Å². The van der Waals surface area contributed by atoms with Gasteiger partial charge >= 0.3 is 5.97 Å². The lowest BCUT2D eigenvalue weighted by Crippen LogP contribution is -2.45. The van der Waals surface area contributed by atoms with E-state index < -0.39 is 12.0 Å². The first-order valence-electron chi connectivity index (χ1n) is 10.2. The van der Waals surface area contributed by atoms with Crippen molar-refractivity contribution in [2.75, 3.05) is 19.6 Å². The van der Waals surface area contributed by atoms with Crippen molar-refractivity contribution in [2.45, 2.75) is 52.0 Å². The minimum absolute atomic E-state index is 0.0120. The highest BCUT2D eigenvalue weighted by atomic mass is 16.4. The summed E-state index contributed by atoms with van der Waals surface area (Å²) in [6, 6.07) is 5.08. The Hall–Kier alpha value is -2.37. The quantitative estimate of drug-likeness (QED) is 0.869. The van der Waals surface area contributed by atoms with Crippen LogP contribution in [0.2, 0.25) is 0 Å². The van der Waals surface area contributed by atoms with Crippen molar-refractivity contribution in [1.29, 1.82) is 0 Å². The molecular weight excluding hydrogens is 356 g/mol. The molecule has 2 heterocycles. The van der Waals surface area contributed by atoms with E-state index in [4.69, 9.17) is 0 Å². The van der Waals surface area contributed by atoms with E-state index in [1.165, 1.54) is 5.56 Å². The average molecular weight is 384 g/mol. The molecule has 150 valence electrons. The summed E-state index contributed by atoms with van der Waals surface area (Å²) < 4.78 is 0. The van der Waals surface area contributed by atoms with E-state index in [0.29, 0.717) is 31.6 Å². The molecule has 2 saturated heterocycles. The minimum atomic E-state index is -0.903. The van der Waals surface area contributed by atoms with Gasteiger partial charge in [-0.15, -0.1) is 0 Å². The summed E-state index contributed by atoms with van der Waals surface area (Å²) in [6.45, 7) is 5.79. The van der Waals surface area contributed by atoms with Gasteiger partial charge in [0.2, 0.25) is 5.91 Å². The van der Waals surface area contributed by atoms with Crippen molar-refractivity contribution in [1.82, 2.24) is 9.80 Å². The number of carboxylic acid groups (broad SMARTS) is 1. The molecule has 1 aromatic carbocycles. The first-order valence-corrected chi connectivity index (χ1v) is 10.2. The molecule has 6 nitrogen and oxygen atoms in total. The maximum Gasteiger partial charge on any atom is 0.326 e. The van der Waals surface area contributed by atoms with E-state index in [2.05, 4.69) is 0 Å². The molecular formula is C22H28N2O4. The number of carbonyl (C=O) groups is 3. The van der Waals surface area contributed by atoms with Crippen molar-refractivity contribution in [3.63, 3.8) is 0 Å². The van der Waals surface area contributed by atoms with Crippen molar-refractivity contribution < 1.29 is 19.5 Å². The van der Waals surface area contributed by atoms with Crippen LogP contribution in [0.25, 0.3) is 0 Å². The zero-order valence-electron chi connectivity index (χ0n) is 16.6. The molecule has 1 spiro atoms. The first kappa shape index (κ1) is 19.0. The van der Waals surface area contributed by atoms with E-state index in [1.807, 2.05) is 36.9 Å². The number of benzene rings is 1. The molecule has 0 aromatic heterocycles. The van der Waals surface area contributed by atoms with Crippen LogP contribution in [0.15, 0.2) is 18.2 Å². The van der Waals surface area contributed by atoms with Gasteiger partial charge in [-0.05, 0) is 74.6 Å². The Morgan fingerprint density at radius 3 is 2.32 bits per heavy atom. The van der Waals surface area contributed by atoms with Gasteiger partial charge in [0.15, 0.2) is 0 Å². The lowest BCUT2D eigenvalue weighted by Gasteiger charge is -2.39. The Morgan fingerprint density at radius 1 is 1.07 bits per heavy atom. The molecule has 1 N–H and O–H groups in total. The van der Waals surface area contributed by atoms with E-state index >= 15 is 0 Å². The third kappa shape index (κ3) is 3.40. The van der Waals surface area contributed by atoms with Gasteiger partial charge in [0.1, 0.15) is 6.04 Å². The summed E-state index contributed by atoms with van der Waals surface area (Å²) in [7, 11) is 0. The maximum absolute atomic E-state index is 12.9. The molecule has 1 atom stereocenters. The summed E-state index contributed by atoms with van der Waals surface area (Å²) in [5.74, 6) is -0.822. The number of hydrogen-bond donors (Lipinski definition) is 1. The predicted molar refractivity (Wildman–Crippen MR) is 104 cm³/mol.